The Balaban J connectivity index is 3.08. The molecule has 1 N–H and O–H groups in total. The van der Waals surface area contributed by atoms with Gasteiger partial charge in [0.1, 0.15) is 0 Å². The van der Waals surface area contributed by atoms with Gasteiger partial charge in [0.25, 0.3) is 5.91 Å². The molecule has 0 unspecified atom stereocenters. The van der Waals surface area contributed by atoms with E-state index in [1.807, 2.05) is 26.0 Å². The van der Waals surface area contributed by atoms with Gasteiger partial charge in [0.2, 0.25) is 0 Å². The first-order chi connectivity index (χ1) is 5.63. The third-order valence-corrected chi connectivity index (χ3v) is 1.63. The number of carbonyl (C=O) groups excluding carboxylic acids is 1. The van der Waals surface area contributed by atoms with Crippen LogP contribution in [0, 0.1) is 19.9 Å². The number of carbonyl (C=O) groups is 1. The van der Waals surface area contributed by atoms with Crippen molar-refractivity contribution in [1.29, 1.82) is 0 Å². The molecule has 0 spiro atoms. The Hall–Kier alpha value is -1.31. The minimum Gasteiger partial charge on any atom is -0.355 e. The van der Waals surface area contributed by atoms with Crippen molar-refractivity contribution in [2.45, 2.75) is 13.8 Å². The van der Waals surface area contributed by atoms with E-state index in [-0.39, 0.29) is 5.91 Å². The van der Waals surface area contributed by atoms with Crippen LogP contribution in [0.2, 0.25) is 0 Å². The maximum Gasteiger partial charge on any atom is 0.251 e. The first kappa shape index (κ1) is 8.78. The summed E-state index contributed by atoms with van der Waals surface area (Å²) in [5, 5.41) is 2.58. The lowest BCUT2D eigenvalue weighted by Crippen LogP contribution is -2.17. The highest BCUT2D eigenvalue weighted by Crippen LogP contribution is 2.07. The highest BCUT2D eigenvalue weighted by atomic mass is 16.1. The fourth-order valence-corrected chi connectivity index (χ4v) is 1.17. The van der Waals surface area contributed by atoms with Crippen LogP contribution in [0.3, 0.4) is 0 Å². The van der Waals surface area contributed by atoms with Crippen molar-refractivity contribution in [3.05, 3.63) is 34.9 Å². The van der Waals surface area contributed by atoms with Gasteiger partial charge < -0.3 is 5.32 Å². The van der Waals surface area contributed by atoms with Crippen LogP contribution >= 0.6 is 0 Å². The van der Waals surface area contributed by atoms with Crippen molar-refractivity contribution in [3.8, 4) is 0 Å². The minimum absolute atomic E-state index is 0.0461. The molecule has 1 amide bonds. The van der Waals surface area contributed by atoms with E-state index in [2.05, 4.69) is 11.4 Å². The van der Waals surface area contributed by atoms with E-state index in [4.69, 9.17) is 0 Å². The van der Waals surface area contributed by atoms with Gasteiger partial charge in [0.15, 0.2) is 0 Å². The first-order valence-electron chi connectivity index (χ1n) is 3.86. The summed E-state index contributed by atoms with van der Waals surface area (Å²) in [5.41, 5.74) is 2.69. The lowest BCUT2D eigenvalue weighted by atomic mass is 10.1. The second kappa shape index (κ2) is 3.39. The summed E-state index contributed by atoms with van der Waals surface area (Å²) in [7, 11) is 1.63. The Morgan fingerprint density at radius 1 is 1.33 bits per heavy atom. The Morgan fingerprint density at radius 2 is 1.83 bits per heavy atom. The van der Waals surface area contributed by atoms with Gasteiger partial charge in [-0.05, 0) is 43.2 Å². The van der Waals surface area contributed by atoms with Gasteiger partial charge in [0.05, 0.1) is 0 Å². The number of nitrogens with one attached hydrogen (secondary N) is 1. The minimum atomic E-state index is -0.0461. The zero-order chi connectivity index (χ0) is 9.14. The molecule has 1 aromatic rings. The number of hydrogen-bond acceptors (Lipinski definition) is 1. The molecule has 0 aromatic heterocycles. The highest BCUT2D eigenvalue weighted by molar-refractivity contribution is 5.94. The second-order valence-corrected chi connectivity index (χ2v) is 2.81. The van der Waals surface area contributed by atoms with E-state index < -0.39 is 0 Å². The Kier molecular flexibility index (Phi) is 2.48. The van der Waals surface area contributed by atoms with Crippen LogP contribution in [0.15, 0.2) is 12.1 Å². The maximum atomic E-state index is 11.2. The van der Waals surface area contributed by atoms with E-state index in [0.29, 0.717) is 5.56 Å². The van der Waals surface area contributed by atoms with Crippen molar-refractivity contribution in [2.75, 3.05) is 7.05 Å². The molecule has 63 valence electrons. The van der Waals surface area contributed by atoms with Crippen LogP contribution in [0.25, 0.3) is 0 Å². The van der Waals surface area contributed by atoms with Crippen molar-refractivity contribution in [1.82, 2.24) is 5.32 Å². The van der Waals surface area contributed by atoms with Crippen LogP contribution in [0.1, 0.15) is 21.5 Å². The van der Waals surface area contributed by atoms with E-state index in [9.17, 15) is 4.79 Å². The molecule has 12 heavy (non-hydrogen) atoms. The number of hydrogen-bond donors (Lipinski definition) is 1. The van der Waals surface area contributed by atoms with Gasteiger partial charge in [-0.15, -0.1) is 0 Å². The van der Waals surface area contributed by atoms with Crippen molar-refractivity contribution >= 4 is 5.91 Å². The summed E-state index contributed by atoms with van der Waals surface area (Å²) in [4.78, 5) is 11.2. The van der Waals surface area contributed by atoms with Crippen LogP contribution in [-0.4, -0.2) is 13.0 Å². The molecule has 2 heteroatoms. The molecule has 0 saturated heterocycles. The third-order valence-electron chi connectivity index (χ3n) is 1.63. The molecule has 0 bridgehead atoms. The van der Waals surface area contributed by atoms with Crippen molar-refractivity contribution in [3.63, 3.8) is 0 Å². The summed E-state index contributed by atoms with van der Waals surface area (Å²) in [6, 6.07) is 6.76. The lowest BCUT2D eigenvalue weighted by molar-refractivity contribution is 0.0963. The van der Waals surface area contributed by atoms with E-state index in [0.717, 1.165) is 11.1 Å². The Labute approximate surface area is 72.6 Å². The molecule has 0 aliphatic rings. The molecular formula is C10H12NO. The van der Waals surface area contributed by atoms with Crippen molar-refractivity contribution in [2.24, 2.45) is 0 Å². The molecule has 1 rings (SSSR count). The van der Waals surface area contributed by atoms with Crippen molar-refractivity contribution < 1.29 is 4.79 Å². The normalized spacial score (nSPS) is 9.58. The average molecular weight is 162 g/mol. The Bertz CT molecular complexity index is 284. The summed E-state index contributed by atoms with van der Waals surface area (Å²) >= 11 is 0. The quantitative estimate of drug-likeness (QED) is 0.665. The third kappa shape index (κ3) is 1.84. The van der Waals surface area contributed by atoms with Gasteiger partial charge in [-0.2, -0.15) is 0 Å². The van der Waals surface area contributed by atoms with Crippen LogP contribution < -0.4 is 5.32 Å². The van der Waals surface area contributed by atoms with Crippen LogP contribution in [0.5, 0.6) is 0 Å². The number of aryl methyl sites for hydroxylation is 2. The van der Waals surface area contributed by atoms with Gasteiger partial charge in [0, 0.05) is 12.6 Å². The second-order valence-electron chi connectivity index (χ2n) is 2.81. The van der Waals surface area contributed by atoms with E-state index in [1.54, 1.807) is 7.05 Å². The summed E-state index contributed by atoms with van der Waals surface area (Å²) in [5.74, 6) is -0.0461. The molecule has 0 fully saturated rings. The van der Waals surface area contributed by atoms with E-state index >= 15 is 0 Å². The monoisotopic (exact) mass is 162 g/mol. The fraction of sp³-hybridized carbons (Fsp3) is 0.300. The van der Waals surface area contributed by atoms with Crippen LogP contribution in [0.4, 0.5) is 0 Å². The number of amides is 1. The molecule has 0 aliphatic heterocycles. The maximum absolute atomic E-state index is 11.2. The van der Waals surface area contributed by atoms with Gasteiger partial charge in [-0.25, -0.2) is 0 Å². The zero-order valence-corrected chi connectivity index (χ0v) is 7.56. The molecule has 0 heterocycles. The summed E-state index contributed by atoms with van der Waals surface area (Å²) in [6.07, 6.45) is 0. The predicted octanol–water partition coefficient (Wildman–Crippen LogP) is 1.46. The van der Waals surface area contributed by atoms with Gasteiger partial charge >= 0.3 is 0 Å². The molecular weight excluding hydrogens is 150 g/mol. The standard InChI is InChI=1S/C10H12NO/c1-7-4-8(2)6-9(5-7)10(12)11-3/h5-6H,1-3H3,(H,11,12). The average Bonchev–Trinajstić information content (AvgIpc) is 2.01. The first-order valence-corrected chi connectivity index (χ1v) is 3.86. The topological polar surface area (TPSA) is 29.1 Å². The number of benzene rings is 1. The summed E-state index contributed by atoms with van der Waals surface area (Å²) in [6.45, 7) is 3.86. The van der Waals surface area contributed by atoms with Crippen LogP contribution in [-0.2, 0) is 0 Å². The lowest BCUT2D eigenvalue weighted by Gasteiger charge is -2.02. The van der Waals surface area contributed by atoms with E-state index in [1.165, 1.54) is 0 Å². The molecule has 0 atom stereocenters. The molecule has 1 aromatic carbocycles. The van der Waals surface area contributed by atoms with Gasteiger partial charge in [-0.1, -0.05) is 0 Å². The summed E-state index contributed by atoms with van der Waals surface area (Å²) < 4.78 is 0. The van der Waals surface area contributed by atoms with Gasteiger partial charge in [-0.3, -0.25) is 4.79 Å². The highest BCUT2D eigenvalue weighted by Gasteiger charge is 2.03. The SMILES string of the molecule is CNC(=O)c1cc(C)[c]c(C)c1. The molecule has 2 nitrogen and oxygen atoms in total. The smallest absolute Gasteiger partial charge is 0.251 e. The zero-order valence-electron chi connectivity index (χ0n) is 7.56. The largest absolute Gasteiger partial charge is 0.355 e. The molecule has 1 radical (unpaired) electrons. The number of rotatable bonds is 1. The Morgan fingerprint density at radius 3 is 2.25 bits per heavy atom. The predicted molar refractivity (Wildman–Crippen MR) is 48.1 cm³/mol. The molecule has 0 saturated carbocycles. The molecule has 0 aliphatic carbocycles. The fourth-order valence-electron chi connectivity index (χ4n) is 1.17.